The second-order valence-corrected chi connectivity index (χ2v) is 7.42. The number of nitrogens with zero attached hydrogens (tertiary/aromatic N) is 5. The molecule has 0 saturated heterocycles. The first kappa shape index (κ1) is 17.2. The molecule has 150 valence electrons. The van der Waals surface area contributed by atoms with Crippen LogP contribution < -0.4 is 5.56 Å². The lowest BCUT2D eigenvalue weighted by molar-refractivity contribution is -0.141. The second kappa shape index (κ2) is 5.68. The number of hydrogen-bond acceptors (Lipinski definition) is 4. The van der Waals surface area contributed by atoms with Crippen LogP contribution in [0.5, 0.6) is 0 Å². The van der Waals surface area contributed by atoms with Gasteiger partial charge >= 0.3 is 6.18 Å². The fraction of sp³-hybridized carbons (Fsp3) is 0.200. The van der Waals surface area contributed by atoms with Crippen molar-refractivity contribution < 1.29 is 13.2 Å². The molecule has 0 bridgehead atoms. The van der Waals surface area contributed by atoms with E-state index in [0.29, 0.717) is 27.4 Å². The van der Waals surface area contributed by atoms with Crippen molar-refractivity contribution in [1.29, 1.82) is 0 Å². The molecular weight excluding hydrogens is 397 g/mol. The molecule has 1 aliphatic carbocycles. The van der Waals surface area contributed by atoms with Crippen LogP contribution >= 0.6 is 0 Å². The molecule has 4 heterocycles. The zero-order valence-electron chi connectivity index (χ0n) is 15.3. The fourth-order valence-corrected chi connectivity index (χ4v) is 3.83. The smallest absolute Gasteiger partial charge is 0.278 e. The van der Waals surface area contributed by atoms with Crippen molar-refractivity contribution in [2.75, 3.05) is 0 Å². The minimum absolute atomic E-state index is 0.0635. The summed E-state index contributed by atoms with van der Waals surface area (Å²) in [6, 6.07) is 7.65. The van der Waals surface area contributed by atoms with E-state index in [1.54, 1.807) is 29.1 Å². The van der Waals surface area contributed by atoms with Gasteiger partial charge in [0.15, 0.2) is 5.52 Å². The summed E-state index contributed by atoms with van der Waals surface area (Å²) in [6.07, 6.45) is 0.553. The molecule has 0 radical (unpaired) electrons. The number of pyridine rings is 2. The number of alkyl halides is 3. The fourth-order valence-electron chi connectivity index (χ4n) is 3.83. The number of fused-ring (bicyclic) bond motifs is 4. The maximum Gasteiger partial charge on any atom is 0.433 e. The molecule has 6 rings (SSSR count). The van der Waals surface area contributed by atoms with Crippen LogP contribution in [0.25, 0.3) is 38.5 Å². The number of aromatic nitrogens is 6. The highest BCUT2D eigenvalue weighted by molar-refractivity contribution is 6.04. The van der Waals surface area contributed by atoms with E-state index in [2.05, 4.69) is 20.3 Å². The van der Waals surface area contributed by atoms with Gasteiger partial charge in [0.1, 0.15) is 11.3 Å². The minimum atomic E-state index is -4.64. The number of aromatic amines is 1. The van der Waals surface area contributed by atoms with Crippen molar-refractivity contribution in [1.82, 2.24) is 29.5 Å². The summed E-state index contributed by atoms with van der Waals surface area (Å²) < 4.78 is 43.1. The highest BCUT2D eigenvalue weighted by atomic mass is 19.4. The Hall–Kier alpha value is -3.69. The van der Waals surface area contributed by atoms with E-state index in [1.807, 2.05) is 0 Å². The molecule has 1 aromatic carbocycles. The van der Waals surface area contributed by atoms with Crippen molar-refractivity contribution in [3.05, 3.63) is 58.8 Å². The standard InChI is InChI=1S/C20H13F3N6O/c21-20(22,23)16-7-6-11-13-9-28(10-4-5-10)27-17(13)19(30)29(18(11)25-16)15-3-1-2-14-12(15)8-24-26-14/h1-3,6-10H,4-5H2,(H,24,26). The monoisotopic (exact) mass is 410 g/mol. The van der Waals surface area contributed by atoms with Crippen molar-refractivity contribution in [2.24, 2.45) is 0 Å². The first-order valence-corrected chi connectivity index (χ1v) is 9.36. The normalized spacial score (nSPS) is 14.9. The maximum atomic E-state index is 13.5. The highest BCUT2D eigenvalue weighted by Gasteiger charge is 2.34. The summed E-state index contributed by atoms with van der Waals surface area (Å²) >= 11 is 0. The third kappa shape index (κ3) is 2.39. The average Bonchev–Trinajstić information content (AvgIpc) is 3.27. The Morgan fingerprint density at radius 1 is 1.07 bits per heavy atom. The number of halogens is 3. The molecule has 0 atom stereocenters. The van der Waals surface area contributed by atoms with Gasteiger partial charge in [-0.25, -0.2) is 4.98 Å². The van der Waals surface area contributed by atoms with E-state index < -0.39 is 17.4 Å². The number of benzene rings is 1. The van der Waals surface area contributed by atoms with Gasteiger partial charge in [-0.1, -0.05) is 6.07 Å². The molecule has 0 spiro atoms. The second-order valence-electron chi connectivity index (χ2n) is 7.42. The molecule has 30 heavy (non-hydrogen) atoms. The van der Waals surface area contributed by atoms with Gasteiger partial charge in [-0.15, -0.1) is 0 Å². The number of hydrogen-bond donors (Lipinski definition) is 1. The zero-order valence-corrected chi connectivity index (χ0v) is 15.3. The molecule has 10 heteroatoms. The Morgan fingerprint density at radius 3 is 2.67 bits per heavy atom. The predicted octanol–water partition coefficient (Wildman–Crippen LogP) is 3.97. The van der Waals surface area contributed by atoms with Crippen molar-refractivity contribution in [3.63, 3.8) is 0 Å². The first-order chi connectivity index (χ1) is 14.4. The summed E-state index contributed by atoms with van der Waals surface area (Å²) in [6.45, 7) is 0. The Bertz CT molecular complexity index is 1520. The summed E-state index contributed by atoms with van der Waals surface area (Å²) in [5.74, 6) is 0. The van der Waals surface area contributed by atoms with Crippen molar-refractivity contribution >= 4 is 32.8 Å². The zero-order chi connectivity index (χ0) is 20.6. The Morgan fingerprint density at radius 2 is 1.90 bits per heavy atom. The van der Waals surface area contributed by atoms with Gasteiger partial charge in [-0.3, -0.25) is 19.1 Å². The Kier molecular flexibility index (Phi) is 3.26. The van der Waals surface area contributed by atoms with Crippen LogP contribution in [-0.4, -0.2) is 29.5 Å². The molecular formula is C20H13F3N6O. The molecule has 1 N–H and O–H groups in total. The van der Waals surface area contributed by atoms with Crippen LogP contribution in [0, 0.1) is 0 Å². The summed E-state index contributed by atoms with van der Waals surface area (Å²) in [5, 5.41) is 12.8. The van der Waals surface area contributed by atoms with Crippen LogP contribution in [0.3, 0.4) is 0 Å². The quantitative estimate of drug-likeness (QED) is 0.478. The van der Waals surface area contributed by atoms with Gasteiger partial charge in [0, 0.05) is 22.4 Å². The summed E-state index contributed by atoms with van der Waals surface area (Å²) in [4.78, 5) is 17.3. The van der Waals surface area contributed by atoms with Gasteiger partial charge < -0.3 is 0 Å². The predicted molar refractivity (Wildman–Crippen MR) is 104 cm³/mol. The molecule has 0 aliphatic heterocycles. The maximum absolute atomic E-state index is 13.5. The molecule has 0 amide bonds. The van der Waals surface area contributed by atoms with Crippen LogP contribution in [0.2, 0.25) is 0 Å². The average molecular weight is 410 g/mol. The minimum Gasteiger partial charge on any atom is -0.278 e. The largest absolute Gasteiger partial charge is 0.433 e. The van der Waals surface area contributed by atoms with E-state index in [9.17, 15) is 18.0 Å². The molecule has 4 aromatic heterocycles. The molecule has 1 aliphatic rings. The van der Waals surface area contributed by atoms with Gasteiger partial charge in [0.05, 0.1) is 23.4 Å². The van der Waals surface area contributed by atoms with Crippen LogP contribution in [-0.2, 0) is 6.18 Å². The van der Waals surface area contributed by atoms with E-state index in [1.165, 1.54) is 16.8 Å². The molecule has 7 nitrogen and oxygen atoms in total. The summed E-state index contributed by atoms with van der Waals surface area (Å²) in [7, 11) is 0. The lowest BCUT2D eigenvalue weighted by atomic mass is 10.1. The topological polar surface area (TPSA) is 81.4 Å². The van der Waals surface area contributed by atoms with Gasteiger partial charge in [0.2, 0.25) is 0 Å². The lowest BCUT2D eigenvalue weighted by Crippen LogP contribution is -2.21. The third-order valence-electron chi connectivity index (χ3n) is 5.43. The Balaban J connectivity index is 1.79. The van der Waals surface area contributed by atoms with Crippen LogP contribution in [0.4, 0.5) is 13.2 Å². The third-order valence-corrected chi connectivity index (χ3v) is 5.43. The molecule has 1 fully saturated rings. The van der Waals surface area contributed by atoms with E-state index >= 15 is 0 Å². The van der Waals surface area contributed by atoms with Crippen molar-refractivity contribution in [3.8, 4) is 5.69 Å². The van der Waals surface area contributed by atoms with E-state index in [4.69, 9.17) is 0 Å². The number of H-pyrrole nitrogens is 1. The lowest BCUT2D eigenvalue weighted by Gasteiger charge is -2.13. The van der Waals surface area contributed by atoms with Crippen LogP contribution in [0.15, 0.2) is 47.5 Å². The van der Waals surface area contributed by atoms with E-state index in [0.717, 1.165) is 18.9 Å². The number of nitrogens with one attached hydrogen (secondary N) is 1. The van der Waals surface area contributed by atoms with Crippen LogP contribution in [0.1, 0.15) is 24.6 Å². The van der Waals surface area contributed by atoms with E-state index in [-0.39, 0.29) is 17.2 Å². The van der Waals surface area contributed by atoms with Crippen molar-refractivity contribution in [2.45, 2.75) is 25.1 Å². The summed E-state index contributed by atoms with van der Waals surface area (Å²) in [5.41, 5.74) is -0.384. The molecule has 5 aromatic rings. The van der Waals surface area contributed by atoms with Gasteiger partial charge in [-0.05, 0) is 37.1 Å². The SMILES string of the molecule is O=c1c2nn(C3CC3)cc2c2ccc(C(F)(F)F)nc2n1-c1cccc2[nH]ncc12. The van der Waals surface area contributed by atoms with Gasteiger partial charge in [-0.2, -0.15) is 23.4 Å². The number of rotatable bonds is 2. The molecule has 0 unspecified atom stereocenters. The first-order valence-electron chi connectivity index (χ1n) is 9.36. The Labute approximate surface area is 165 Å². The van der Waals surface area contributed by atoms with Gasteiger partial charge in [0.25, 0.3) is 5.56 Å². The molecule has 1 saturated carbocycles. The highest BCUT2D eigenvalue weighted by Crippen LogP contribution is 2.36.